The maximum atomic E-state index is 11.6. The maximum absolute atomic E-state index is 11.6. The Morgan fingerprint density at radius 2 is 2.07 bits per heavy atom. The van der Waals surface area contributed by atoms with Gasteiger partial charge in [-0.1, -0.05) is 38.1 Å². The number of hydrogen-bond donors (Lipinski definition) is 4. The average molecular weight is 416 g/mol. The lowest BCUT2D eigenvalue weighted by molar-refractivity contribution is -0.991. The van der Waals surface area contributed by atoms with Crippen LogP contribution in [0.15, 0.2) is 36.4 Å². The number of para-hydroxylation sites is 2. The normalized spacial score (nSPS) is 19.6. The Balaban J connectivity index is 1.77. The molecule has 1 heterocycles. The summed E-state index contributed by atoms with van der Waals surface area (Å²) in [6, 6.07) is 7.12. The smallest absolute Gasteiger partial charge is 0.189 e. The third-order valence-corrected chi connectivity index (χ3v) is 5.41. The predicted molar refractivity (Wildman–Crippen MR) is 118 cm³/mol. The van der Waals surface area contributed by atoms with Crippen molar-refractivity contribution in [3.05, 3.63) is 58.6 Å². The Hall–Kier alpha value is -2.26. The van der Waals surface area contributed by atoms with Crippen molar-refractivity contribution in [2.75, 3.05) is 6.54 Å². The van der Waals surface area contributed by atoms with Gasteiger partial charge in [0.15, 0.2) is 10.8 Å². The van der Waals surface area contributed by atoms with Gasteiger partial charge in [0.1, 0.15) is 5.69 Å². The highest BCUT2D eigenvalue weighted by Crippen LogP contribution is 2.34. The first-order valence-corrected chi connectivity index (χ1v) is 10.3. The van der Waals surface area contributed by atoms with Gasteiger partial charge in [0.25, 0.3) is 0 Å². The van der Waals surface area contributed by atoms with E-state index in [9.17, 15) is 10.4 Å². The minimum atomic E-state index is -0.956. The van der Waals surface area contributed by atoms with E-state index in [0.29, 0.717) is 16.7 Å². The van der Waals surface area contributed by atoms with Gasteiger partial charge in [0.05, 0.1) is 5.69 Å². The molecule has 0 saturated carbocycles. The summed E-state index contributed by atoms with van der Waals surface area (Å²) in [6.45, 7) is 9.11. The Kier molecular flexibility index (Phi) is 6.69. The largest absolute Gasteiger partial charge is 0.595 e. The van der Waals surface area contributed by atoms with Crippen molar-refractivity contribution >= 4 is 23.0 Å². The van der Waals surface area contributed by atoms with Crippen molar-refractivity contribution in [2.45, 2.75) is 46.1 Å². The van der Waals surface area contributed by atoms with E-state index in [0.717, 1.165) is 29.9 Å². The second-order valence-corrected chi connectivity index (χ2v) is 8.31. The van der Waals surface area contributed by atoms with E-state index in [1.807, 2.05) is 19.9 Å². The molecular formula is C21H29N5O2S. The summed E-state index contributed by atoms with van der Waals surface area (Å²) >= 11 is 5.39. The van der Waals surface area contributed by atoms with Crippen LogP contribution in [0.3, 0.4) is 0 Å². The van der Waals surface area contributed by atoms with Gasteiger partial charge in [-0.2, -0.15) is 10.3 Å². The van der Waals surface area contributed by atoms with Crippen molar-refractivity contribution in [1.82, 2.24) is 20.4 Å². The van der Waals surface area contributed by atoms with E-state index in [1.165, 1.54) is 0 Å². The fourth-order valence-electron chi connectivity index (χ4n) is 3.80. The zero-order valence-corrected chi connectivity index (χ0v) is 18.1. The second-order valence-electron chi connectivity index (χ2n) is 7.90. The SMILES string of the molecule is Cc1nn(-c2ccccc2[NH+]([O-])O)c(C)c1[C@H]1C=C[C@@H](NC(=S)NCC(C)C)C1. The number of rotatable bonds is 6. The van der Waals surface area contributed by atoms with Gasteiger partial charge < -0.3 is 15.8 Å². The molecule has 1 aromatic heterocycles. The quantitative estimate of drug-likeness (QED) is 0.329. The van der Waals surface area contributed by atoms with Crippen LogP contribution >= 0.6 is 12.2 Å². The van der Waals surface area contributed by atoms with Crippen molar-refractivity contribution in [3.8, 4) is 5.69 Å². The molecule has 1 aromatic carbocycles. The molecule has 0 radical (unpaired) electrons. The zero-order valence-electron chi connectivity index (χ0n) is 17.3. The maximum Gasteiger partial charge on any atom is 0.189 e. The number of thiocarbonyl (C=S) groups is 1. The zero-order chi connectivity index (χ0) is 21.1. The fourth-order valence-corrected chi connectivity index (χ4v) is 4.04. The average Bonchev–Trinajstić information content (AvgIpc) is 3.23. The summed E-state index contributed by atoms with van der Waals surface area (Å²) in [5.41, 5.74) is 3.85. The lowest BCUT2D eigenvalue weighted by Crippen LogP contribution is -2.99. The van der Waals surface area contributed by atoms with E-state index < -0.39 is 5.23 Å². The highest BCUT2D eigenvalue weighted by molar-refractivity contribution is 7.80. The van der Waals surface area contributed by atoms with Crippen molar-refractivity contribution in [3.63, 3.8) is 0 Å². The van der Waals surface area contributed by atoms with Gasteiger partial charge in [-0.25, -0.2) is 9.89 Å². The Labute approximate surface area is 176 Å². The molecule has 0 fully saturated rings. The molecule has 156 valence electrons. The highest BCUT2D eigenvalue weighted by Gasteiger charge is 2.27. The molecule has 7 nitrogen and oxygen atoms in total. The van der Waals surface area contributed by atoms with E-state index in [1.54, 1.807) is 22.9 Å². The number of nitrogens with one attached hydrogen (secondary N) is 3. The Morgan fingerprint density at radius 1 is 1.34 bits per heavy atom. The van der Waals surface area contributed by atoms with Crippen LogP contribution in [-0.2, 0) is 0 Å². The van der Waals surface area contributed by atoms with Crippen LogP contribution in [0.1, 0.15) is 43.1 Å². The van der Waals surface area contributed by atoms with Gasteiger partial charge in [-0.3, -0.25) is 0 Å². The molecule has 3 rings (SSSR count). The standard InChI is InChI=1S/C21H29N5O2S/c1-13(2)12-22-21(29)23-17-10-9-16(11-17)20-14(3)24-25(15(20)4)18-7-5-6-8-19(18)26(27)28/h5-10,13,16-17,26-27H,11-12H2,1-4H3,(H2,22,23,29)/t16-,17+/m0/s1. The van der Waals surface area contributed by atoms with Crippen molar-refractivity contribution in [2.24, 2.45) is 5.92 Å². The summed E-state index contributed by atoms with van der Waals surface area (Å²) in [4.78, 5) is 0. The number of aryl methyl sites for hydroxylation is 1. The molecule has 1 unspecified atom stereocenters. The van der Waals surface area contributed by atoms with Gasteiger partial charge in [0.2, 0.25) is 0 Å². The molecule has 0 saturated heterocycles. The molecular weight excluding hydrogens is 386 g/mol. The van der Waals surface area contributed by atoms with Crippen molar-refractivity contribution in [1.29, 1.82) is 0 Å². The Bertz CT molecular complexity index is 906. The second kappa shape index (κ2) is 9.04. The van der Waals surface area contributed by atoms with Crippen LogP contribution in [0.5, 0.6) is 0 Å². The van der Waals surface area contributed by atoms with Crippen LogP contribution in [0, 0.1) is 25.0 Å². The molecule has 3 atom stereocenters. The minimum Gasteiger partial charge on any atom is -0.595 e. The van der Waals surface area contributed by atoms with Crippen LogP contribution in [0.25, 0.3) is 5.69 Å². The molecule has 1 aliphatic rings. The molecule has 0 bridgehead atoms. The van der Waals surface area contributed by atoms with Gasteiger partial charge in [-0.15, -0.1) is 0 Å². The summed E-state index contributed by atoms with van der Waals surface area (Å²) < 4.78 is 1.75. The lowest BCUT2D eigenvalue weighted by Gasteiger charge is -2.18. The van der Waals surface area contributed by atoms with E-state index in [2.05, 4.69) is 41.7 Å². The molecule has 4 N–H and O–H groups in total. The number of hydrogen-bond acceptors (Lipinski definition) is 4. The third kappa shape index (κ3) is 4.84. The van der Waals surface area contributed by atoms with Crippen LogP contribution in [-0.4, -0.2) is 32.7 Å². The first kappa shape index (κ1) is 21.4. The van der Waals surface area contributed by atoms with Gasteiger partial charge >= 0.3 is 0 Å². The van der Waals surface area contributed by atoms with Crippen molar-refractivity contribution < 1.29 is 10.4 Å². The first-order valence-electron chi connectivity index (χ1n) is 9.89. The summed E-state index contributed by atoms with van der Waals surface area (Å²) in [6.07, 6.45) is 5.22. The summed E-state index contributed by atoms with van der Waals surface area (Å²) in [5, 5.41) is 32.1. The predicted octanol–water partition coefficient (Wildman–Crippen LogP) is 2.42. The number of benzene rings is 1. The number of nitrogens with zero attached hydrogens (tertiary/aromatic N) is 2. The highest BCUT2D eigenvalue weighted by atomic mass is 32.1. The molecule has 0 amide bonds. The van der Waals surface area contributed by atoms with E-state index in [-0.39, 0.29) is 17.6 Å². The topological polar surface area (TPSA) is 89.6 Å². The first-order chi connectivity index (χ1) is 13.8. The van der Waals surface area contributed by atoms with Gasteiger partial charge in [0, 0.05) is 35.8 Å². The Morgan fingerprint density at radius 3 is 2.76 bits per heavy atom. The molecule has 0 aliphatic heterocycles. The summed E-state index contributed by atoms with van der Waals surface area (Å²) in [5.74, 6) is 0.748. The van der Waals surface area contributed by atoms with Crippen LogP contribution in [0.2, 0.25) is 0 Å². The summed E-state index contributed by atoms with van der Waals surface area (Å²) in [7, 11) is 0. The molecule has 2 aromatic rings. The molecule has 1 aliphatic carbocycles. The van der Waals surface area contributed by atoms with Gasteiger partial charge in [-0.05, 0) is 44.5 Å². The van der Waals surface area contributed by atoms with E-state index >= 15 is 0 Å². The fraction of sp³-hybridized carbons (Fsp3) is 0.429. The molecule has 29 heavy (non-hydrogen) atoms. The monoisotopic (exact) mass is 415 g/mol. The minimum absolute atomic E-state index is 0.167. The molecule has 0 spiro atoms. The number of quaternary nitrogens is 1. The molecule has 8 heteroatoms. The van der Waals surface area contributed by atoms with E-state index in [4.69, 9.17) is 12.2 Å². The third-order valence-electron chi connectivity index (χ3n) is 5.15. The van der Waals surface area contributed by atoms with Crippen LogP contribution < -0.4 is 15.9 Å². The number of aromatic nitrogens is 2. The lowest BCUT2D eigenvalue weighted by atomic mass is 9.96. The number of allylic oxidation sites excluding steroid dienone is 1. The van der Waals surface area contributed by atoms with Crippen LogP contribution in [0.4, 0.5) is 5.69 Å².